The van der Waals surface area contributed by atoms with Crippen molar-refractivity contribution >= 4 is 0 Å². The van der Waals surface area contributed by atoms with Crippen LogP contribution in [0, 0.1) is 11.3 Å². The van der Waals surface area contributed by atoms with Gasteiger partial charge in [0.05, 0.1) is 24.9 Å². The number of nitriles is 1. The Labute approximate surface area is 116 Å². The van der Waals surface area contributed by atoms with Crippen molar-refractivity contribution in [3.8, 4) is 17.3 Å². The summed E-state index contributed by atoms with van der Waals surface area (Å²) < 4.78 is 1.31. The first-order chi connectivity index (χ1) is 9.67. The lowest BCUT2D eigenvalue weighted by Gasteiger charge is -2.15. The lowest BCUT2D eigenvalue weighted by atomic mass is 10.1. The highest BCUT2D eigenvalue weighted by Crippen LogP contribution is 2.18. The Morgan fingerprint density at radius 2 is 1.90 bits per heavy atom. The van der Waals surface area contributed by atoms with Crippen LogP contribution in [0.25, 0.3) is 11.3 Å². The summed E-state index contributed by atoms with van der Waals surface area (Å²) in [6.45, 7) is -0.507. The highest BCUT2D eigenvalue weighted by Gasteiger charge is 2.13. The summed E-state index contributed by atoms with van der Waals surface area (Å²) in [7, 11) is 0. The fourth-order valence-corrected chi connectivity index (χ4v) is 1.97. The second-order valence-electron chi connectivity index (χ2n) is 4.36. The van der Waals surface area contributed by atoms with Crippen molar-refractivity contribution < 1.29 is 10.2 Å². The van der Waals surface area contributed by atoms with Crippen LogP contribution in [0.1, 0.15) is 5.56 Å². The van der Waals surface area contributed by atoms with Crippen LogP contribution in [0.15, 0.2) is 47.3 Å². The van der Waals surface area contributed by atoms with E-state index in [0.717, 1.165) is 5.56 Å². The Morgan fingerprint density at radius 1 is 1.20 bits per heavy atom. The first kappa shape index (κ1) is 14.0. The molecule has 0 spiro atoms. The normalized spacial score (nSPS) is 11.8. The molecule has 0 bridgehead atoms. The van der Waals surface area contributed by atoms with E-state index in [4.69, 9.17) is 10.4 Å². The van der Waals surface area contributed by atoms with E-state index in [0.29, 0.717) is 5.69 Å². The topological polar surface area (TPSA) is 86.2 Å². The molecule has 5 heteroatoms. The van der Waals surface area contributed by atoms with Gasteiger partial charge in [0.2, 0.25) is 0 Å². The average Bonchev–Trinajstić information content (AvgIpc) is 2.50. The predicted molar refractivity (Wildman–Crippen MR) is 73.9 cm³/mol. The smallest absolute Gasteiger partial charge is 0.269 e. The summed E-state index contributed by atoms with van der Waals surface area (Å²) in [6.07, 6.45) is -1.05. The molecule has 20 heavy (non-hydrogen) atoms. The lowest BCUT2D eigenvalue weighted by Crippen LogP contribution is -2.30. The van der Waals surface area contributed by atoms with Crippen molar-refractivity contribution in [1.82, 2.24) is 4.57 Å². The molecule has 2 rings (SSSR count). The number of aliphatic hydroxyl groups excluding tert-OH is 2. The van der Waals surface area contributed by atoms with Gasteiger partial charge in [0.15, 0.2) is 0 Å². The van der Waals surface area contributed by atoms with Crippen LogP contribution in [0.3, 0.4) is 0 Å². The monoisotopic (exact) mass is 270 g/mol. The maximum Gasteiger partial charge on any atom is 0.269 e. The Morgan fingerprint density at radius 3 is 2.50 bits per heavy atom. The third-order valence-electron chi connectivity index (χ3n) is 2.97. The molecule has 0 fully saturated rings. The van der Waals surface area contributed by atoms with E-state index < -0.39 is 18.3 Å². The Bertz CT molecular complexity index is 687. The molecule has 2 aromatic rings. The van der Waals surface area contributed by atoms with Crippen LogP contribution >= 0.6 is 0 Å². The molecule has 0 amide bonds. The summed E-state index contributed by atoms with van der Waals surface area (Å²) in [5, 5.41) is 27.4. The van der Waals surface area contributed by atoms with E-state index in [-0.39, 0.29) is 12.1 Å². The van der Waals surface area contributed by atoms with Crippen molar-refractivity contribution in [2.45, 2.75) is 12.6 Å². The van der Waals surface area contributed by atoms with Gasteiger partial charge in [-0.15, -0.1) is 0 Å². The first-order valence-corrected chi connectivity index (χ1v) is 6.15. The second kappa shape index (κ2) is 6.15. The van der Waals surface area contributed by atoms with Crippen molar-refractivity contribution in [2.75, 3.05) is 6.61 Å². The number of hydrogen-bond acceptors (Lipinski definition) is 4. The molecule has 2 N–H and O–H groups in total. The second-order valence-corrected chi connectivity index (χ2v) is 4.36. The van der Waals surface area contributed by atoms with Crippen molar-refractivity contribution in [3.63, 3.8) is 0 Å². The van der Waals surface area contributed by atoms with Gasteiger partial charge >= 0.3 is 0 Å². The third-order valence-corrected chi connectivity index (χ3v) is 2.97. The molecular weight excluding hydrogens is 256 g/mol. The van der Waals surface area contributed by atoms with Gasteiger partial charge in [-0.25, -0.2) is 0 Å². The number of hydrogen-bond donors (Lipinski definition) is 2. The number of rotatable bonds is 4. The largest absolute Gasteiger partial charge is 0.394 e. The van der Waals surface area contributed by atoms with Crippen molar-refractivity contribution in [2.24, 2.45) is 0 Å². The summed E-state index contributed by atoms with van der Waals surface area (Å²) in [4.78, 5) is 12.2. The van der Waals surface area contributed by atoms with Crippen LogP contribution in [0.2, 0.25) is 0 Å². The minimum atomic E-state index is -1.05. The number of benzene rings is 1. The van der Waals surface area contributed by atoms with Crippen LogP contribution < -0.4 is 5.56 Å². The number of aliphatic hydroxyl groups is 2. The number of pyridine rings is 1. The maximum atomic E-state index is 12.2. The molecule has 102 valence electrons. The molecule has 1 heterocycles. The molecule has 1 aromatic heterocycles. The average molecular weight is 270 g/mol. The molecule has 0 saturated carbocycles. The van der Waals surface area contributed by atoms with E-state index in [2.05, 4.69) is 0 Å². The van der Waals surface area contributed by atoms with Gasteiger partial charge in [-0.1, -0.05) is 30.3 Å². The fourth-order valence-electron chi connectivity index (χ4n) is 1.97. The molecule has 0 aliphatic heterocycles. The Balaban J connectivity index is 2.60. The van der Waals surface area contributed by atoms with Gasteiger partial charge in [0.1, 0.15) is 11.6 Å². The van der Waals surface area contributed by atoms with E-state index >= 15 is 0 Å². The molecule has 5 nitrogen and oxygen atoms in total. The van der Waals surface area contributed by atoms with Crippen molar-refractivity contribution in [3.05, 3.63) is 58.4 Å². The van der Waals surface area contributed by atoms with Crippen LogP contribution in [0.5, 0.6) is 0 Å². The minimum absolute atomic E-state index is 0.00909. The summed E-state index contributed by atoms with van der Waals surface area (Å²) in [5.41, 5.74) is 0.942. The Kier molecular flexibility index (Phi) is 4.31. The molecule has 0 aliphatic carbocycles. The van der Waals surface area contributed by atoms with E-state index in [1.54, 1.807) is 6.07 Å². The minimum Gasteiger partial charge on any atom is -0.394 e. The zero-order valence-electron chi connectivity index (χ0n) is 10.7. The van der Waals surface area contributed by atoms with E-state index in [9.17, 15) is 9.90 Å². The fraction of sp³-hybridized carbons (Fsp3) is 0.200. The lowest BCUT2D eigenvalue weighted by molar-refractivity contribution is 0.0807. The van der Waals surface area contributed by atoms with Gasteiger partial charge in [0, 0.05) is 0 Å². The summed E-state index contributed by atoms with van der Waals surface area (Å²) in [5.74, 6) is 0. The highest BCUT2D eigenvalue weighted by molar-refractivity contribution is 5.60. The quantitative estimate of drug-likeness (QED) is 0.858. The standard InChI is InChI=1S/C15H14N2O3/c16-8-12-6-7-14(11-4-2-1-3-5-11)17(15(12)20)9-13(19)10-18/h1-7,13,18-19H,9-10H2. The van der Waals surface area contributed by atoms with Gasteiger partial charge in [0.25, 0.3) is 5.56 Å². The SMILES string of the molecule is N#Cc1ccc(-c2ccccc2)n(CC(O)CO)c1=O. The molecule has 1 aromatic carbocycles. The van der Waals surface area contributed by atoms with Gasteiger partial charge in [-0.3, -0.25) is 4.79 Å². The van der Waals surface area contributed by atoms with Crippen LogP contribution in [0.4, 0.5) is 0 Å². The van der Waals surface area contributed by atoms with Crippen LogP contribution in [-0.4, -0.2) is 27.5 Å². The molecular formula is C15H14N2O3. The molecule has 0 radical (unpaired) electrons. The highest BCUT2D eigenvalue weighted by atomic mass is 16.3. The zero-order chi connectivity index (χ0) is 14.5. The van der Waals surface area contributed by atoms with Gasteiger partial charge < -0.3 is 14.8 Å². The number of nitrogens with zero attached hydrogens (tertiary/aromatic N) is 2. The molecule has 1 atom stereocenters. The zero-order valence-corrected chi connectivity index (χ0v) is 10.7. The molecule has 0 saturated heterocycles. The van der Waals surface area contributed by atoms with E-state index in [1.165, 1.54) is 10.6 Å². The molecule has 0 aliphatic rings. The maximum absolute atomic E-state index is 12.2. The summed E-state index contributed by atoms with van der Waals surface area (Å²) in [6, 6.07) is 14.2. The predicted octanol–water partition coefficient (Wildman–Crippen LogP) is 0.740. The number of aromatic nitrogens is 1. The van der Waals surface area contributed by atoms with Crippen molar-refractivity contribution in [1.29, 1.82) is 5.26 Å². The van der Waals surface area contributed by atoms with Crippen LogP contribution in [-0.2, 0) is 6.54 Å². The van der Waals surface area contributed by atoms with Gasteiger partial charge in [-0.2, -0.15) is 5.26 Å². The first-order valence-electron chi connectivity index (χ1n) is 6.15. The van der Waals surface area contributed by atoms with Gasteiger partial charge in [-0.05, 0) is 17.7 Å². The summed E-state index contributed by atoms with van der Waals surface area (Å²) >= 11 is 0. The Hall–Kier alpha value is -2.42. The molecule has 1 unspecified atom stereocenters. The van der Waals surface area contributed by atoms with E-state index in [1.807, 2.05) is 36.4 Å². The third kappa shape index (κ3) is 2.77.